The van der Waals surface area contributed by atoms with Crippen LogP contribution in [0.3, 0.4) is 0 Å². The lowest BCUT2D eigenvalue weighted by Crippen LogP contribution is -2.46. The van der Waals surface area contributed by atoms with E-state index in [-0.39, 0.29) is 50.3 Å². The number of aromatic carboxylic acids is 1. The van der Waals surface area contributed by atoms with Gasteiger partial charge in [0.2, 0.25) is 5.91 Å². The van der Waals surface area contributed by atoms with Gasteiger partial charge in [-0.1, -0.05) is 62.2 Å². The van der Waals surface area contributed by atoms with Crippen molar-refractivity contribution in [2.75, 3.05) is 24.3 Å². The van der Waals surface area contributed by atoms with Crippen molar-refractivity contribution >= 4 is 46.5 Å². The van der Waals surface area contributed by atoms with Crippen molar-refractivity contribution in [3.8, 4) is 5.75 Å². The van der Waals surface area contributed by atoms with Crippen molar-refractivity contribution in [1.29, 1.82) is 0 Å². The van der Waals surface area contributed by atoms with E-state index < -0.39 is 46.9 Å². The minimum Gasteiger partial charge on any atom is -0.495 e. The second kappa shape index (κ2) is 11.0. The number of ether oxygens (including phenoxy) is 1. The number of halogens is 4. The van der Waals surface area contributed by atoms with Crippen LogP contribution in [0.2, 0.25) is 10.0 Å². The number of nitrogens with one attached hydrogen (secondary N) is 3. The zero-order valence-electron chi connectivity index (χ0n) is 23.4. The predicted octanol–water partition coefficient (Wildman–Crippen LogP) is 6.84. The summed E-state index contributed by atoms with van der Waals surface area (Å²) >= 11 is 12.4. The smallest absolute Gasteiger partial charge is 0.335 e. The summed E-state index contributed by atoms with van der Waals surface area (Å²) < 4.78 is 36.6. The first kappa shape index (κ1) is 30.1. The van der Waals surface area contributed by atoms with E-state index in [2.05, 4.69) is 36.7 Å². The van der Waals surface area contributed by atoms with Crippen LogP contribution in [-0.4, -0.2) is 42.7 Å². The minimum atomic E-state index is -1.15. The Morgan fingerprint density at radius 2 is 1.81 bits per heavy atom. The highest BCUT2D eigenvalue weighted by atomic mass is 35.5. The van der Waals surface area contributed by atoms with E-state index in [1.54, 1.807) is 18.2 Å². The van der Waals surface area contributed by atoms with Crippen LogP contribution in [0.15, 0.2) is 48.5 Å². The van der Waals surface area contributed by atoms with Crippen LogP contribution in [0, 0.1) is 17.0 Å². The molecule has 7 nitrogen and oxygen atoms in total. The standard InChI is InChI=1S/C31H31Cl2F2N3O4/c1-30(2,3)13-22-31(14-36-26-17(31)9-10-19(33)25(26)35)23(16-6-5-7-18(32)24(16)34)27(38-22)28(39)37-20-11-8-15(29(40)41)12-21(20)42-4/h5-12,22-23,27,36,38H,13-14H2,1-4H3,(H,37,39)(H,40,41)/t22-,23-,27+,31-/m0/s1. The Kier molecular flexibility index (Phi) is 7.89. The monoisotopic (exact) mass is 617 g/mol. The number of hydrogen-bond acceptors (Lipinski definition) is 5. The number of carbonyl (C=O) groups excluding carboxylic acids is 1. The van der Waals surface area contributed by atoms with E-state index in [0.29, 0.717) is 12.0 Å². The number of methoxy groups -OCH3 is 1. The van der Waals surface area contributed by atoms with Crippen molar-refractivity contribution in [2.45, 2.75) is 50.6 Å². The van der Waals surface area contributed by atoms with Crippen molar-refractivity contribution in [2.24, 2.45) is 5.41 Å². The predicted molar refractivity (Wildman–Crippen MR) is 159 cm³/mol. The molecular formula is C31H31Cl2F2N3O4. The molecule has 2 heterocycles. The van der Waals surface area contributed by atoms with Gasteiger partial charge in [0.25, 0.3) is 0 Å². The first-order chi connectivity index (χ1) is 19.8. The summed E-state index contributed by atoms with van der Waals surface area (Å²) in [4.78, 5) is 25.6. The SMILES string of the molecule is COc1cc(C(=O)O)ccc1NC(=O)[C@@H]1N[C@@H](CC(C)(C)C)[C@@]2(CNc3c2ccc(Cl)c3F)[C@H]1c1cccc(Cl)c1F. The average Bonchev–Trinajstić information content (AvgIpc) is 3.46. The second-order valence-corrected chi connectivity index (χ2v) is 12.8. The summed E-state index contributed by atoms with van der Waals surface area (Å²) in [6, 6.07) is 10.6. The van der Waals surface area contributed by atoms with Gasteiger partial charge in [-0.25, -0.2) is 13.6 Å². The molecule has 4 atom stereocenters. The number of benzene rings is 3. The Morgan fingerprint density at radius 1 is 1.10 bits per heavy atom. The molecule has 2 aliphatic heterocycles. The van der Waals surface area contributed by atoms with E-state index in [0.717, 1.165) is 0 Å². The Balaban J connectivity index is 1.68. The van der Waals surface area contributed by atoms with Crippen LogP contribution in [-0.2, 0) is 10.2 Å². The van der Waals surface area contributed by atoms with Crippen molar-refractivity contribution in [3.05, 3.63) is 86.9 Å². The highest BCUT2D eigenvalue weighted by molar-refractivity contribution is 6.31. The lowest BCUT2D eigenvalue weighted by molar-refractivity contribution is -0.118. The third-order valence-corrected chi connectivity index (χ3v) is 8.75. The van der Waals surface area contributed by atoms with Crippen LogP contribution < -0.4 is 20.7 Å². The fourth-order valence-corrected chi connectivity index (χ4v) is 6.78. The lowest BCUT2D eigenvalue weighted by atomic mass is 9.63. The van der Waals surface area contributed by atoms with Crippen LogP contribution in [0.4, 0.5) is 20.2 Å². The van der Waals surface area contributed by atoms with Crippen LogP contribution >= 0.6 is 23.2 Å². The third kappa shape index (κ3) is 5.08. The average molecular weight is 619 g/mol. The molecule has 0 aliphatic carbocycles. The number of hydrogen-bond donors (Lipinski definition) is 4. The van der Waals surface area contributed by atoms with Gasteiger partial charge in [0.05, 0.1) is 40.1 Å². The zero-order valence-corrected chi connectivity index (χ0v) is 25.0. The maximum absolute atomic E-state index is 15.9. The molecule has 3 aromatic carbocycles. The molecule has 222 valence electrons. The topological polar surface area (TPSA) is 99.7 Å². The maximum atomic E-state index is 15.9. The molecule has 42 heavy (non-hydrogen) atoms. The van der Waals surface area contributed by atoms with Gasteiger partial charge in [-0.3, -0.25) is 4.79 Å². The number of carboxylic acid groups (broad SMARTS) is 1. The maximum Gasteiger partial charge on any atom is 0.335 e. The molecule has 0 saturated carbocycles. The number of amides is 1. The van der Waals surface area contributed by atoms with Gasteiger partial charge in [0, 0.05) is 23.9 Å². The van der Waals surface area contributed by atoms with E-state index in [1.165, 1.54) is 37.4 Å². The molecule has 5 rings (SSSR count). The van der Waals surface area contributed by atoms with E-state index in [9.17, 15) is 14.7 Å². The molecule has 0 radical (unpaired) electrons. The molecule has 1 spiro atoms. The molecule has 0 unspecified atom stereocenters. The molecule has 0 aromatic heterocycles. The highest BCUT2D eigenvalue weighted by Gasteiger charge is 2.62. The molecule has 1 fully saturated rings. The van der Waals surface area contributed by atoms with E-state index >= 15 is 8.78 Å². The fraction of sp³-hybridized carbons (Fsp3) is 0.355. The number of carbonyl (C=O) groups is 2. The summed E-state index contributed by atoms with van der Waals surface area (Å²) in [5.41, 5.74) is 0.0640. The summed E-state index contributed by atoms with van der Waals surface area (Å²) in [6.07, 6.45) is 0.567. The second-order valence-electron chi connectivity index (χ2n) is 12.0. The molecule has 1 saturated heterocycles. The third-order valence-electron chi connectivity index (χ3n) is 8.17. The molecular weight excluding hydrogens is 587 g/mol. The molecule has 3 aromatic rings. The number of rotatable bonds is 6. The van der Waals surface area contributed by atoms with Gasteiger partial charge in [0.1, 0.15) is 11.6 Å². The lowest BCUT2D eigenvalue weighted by Gasteiger charge is -2.39. The Labute approximate surface area is 252 Å². The van der Waals surface area contributed by atoms with Crippen molar-refractivity contribution < 1.29 is 28.2 Å². The Morgan fingerprint density at radius 3 is 2.48 bits per heavy atom. The highest BCUT2D eigenvalue weighted by Crippen LogP contribution is 2.57. The first-order valence-corrected chi connectivity index (χ1v) is 14.2. The van der Waals surface area contributed by atoms with Crippen molar-refractivity contribution in [3.63, 3.8) is 0 Å². The molecule has 2 aliphatic rings. The van der Waals surface area contributed by atoms with Crippen LogP contribution in [0.25, 0.3) is 0 Å². The summed E-state index contributed by atoms with van der Waals surface area (Å²) in [5.74, 6) is -3.60. The largest absolute Gasteiger partial charge is 0.495 e. The first-order valence-electron chi connectivity index (χ1n) is 13.4. The number of carboxylic acids is 1. The van der Waals surface area contributed by atoms with E-state index in [1.807, 2.05) is 0 Å². The normalized spacial score (nSPS) is 23.0. The van der Waals surface area contributed by atoms with Gasteiger partial charge in [-0.05, 0) is 53.3 Å². The van der Waals surface area contributed by atoms with Crippen LogP contribution in [0.1, 0.15) is 54.6 Å². The summed E-state index contributed by atoms with van der Waals surface area (Å²) in [7, 11) is 1.36. The zero-order chi connectivity index (χ0) is 30.6. The van der Waals surface area contributed by atoms with E-state index in [4.69, 9.17) is 27.9 Å². The minimum absolute atomic E-state index is 0.0127. The molecule has 11 heteroatoms. The Bertz CT molecular complexity index is 1580. The quantitative estimate of drug-likeness (QED) is 0.242. The number of fused-ring (bicyclic) bond motifs is 2. The Hall–Kier alpha value is -3.40. The summed E-state index contributed by atoms with van der Waals surface area (Å²) in [5, 5.41) is 18.7. The van der Waals surface area contributed by atoms with Crippen molar-refractivity contribution in [1.82, 2.24) is 5.32 Å². The van der Waals surface area contributed by atoms with Gasteiger partial charge >= 0.3 is 5.97 Å². The van der Waals surface area contributed by atoms with Gasteiger partial charge in [-0.2, -0.15) is 0 Å². The van der Waals surface area contributed by atoms with Gasteiger partial charge in [-0.15, -0.1) is 0 Å². The van der Waals surface area contributed by atoms with Gasteiger partial charge < -0.3 is 25.8 Å². The van der Waals surface area contributed by atoms with Gasteiger partial charge in [0.15, 0.2) is 5.82 Å². The molecule has 1 amide bonds. The summed E-state index contributed by atoms with van der Waals surface area (Å²) in [6.45, 7) is 6.40. The molecule has 0 bridgehead atoms. The fourth-order valence-electron chi connectivity index (χ4n) is 6.44. The molecule has 4 N–H and O–H groups in total. The van der Waals surface area contributed by atoms with Crippen LogP contribution in [0.5, 0.6) is 5.75 Å². The number of anilines is 2.